The van der Waals surface area contributed by atoms with E-state index >= 15 is 0 Å². The zero-order valence-electron chi connectivity index (χ0n) is 14.6. The van der Waals surface area contributed by atoms with Crippen molar-refractivity contribution in [2.45, 2.75) is 32.4 Å². The van der Waals surface area contributed by atoms with E-state index < -0.39 is 0 Å². The largest absolute Gasteiger partial charge is 0.377 e. The third-order valence-corrected chi connectivity index (χ3v) is 4.12. The molecule has 0 aliphatic carbocycles. The summed E-state index contributed by atoms with van der Waals surface area (Å²) < 4.78 is 7.31. The topological polar surface area (TPSA) is 98.1 Å². The van der Waals surface area contributed by atoms with Crippen molar-refractivity contribution in [1.29, 1.82) is 0 Å². The summed E-state index contributed by atoms with van der Waals surface area (Å²) in [6, 6.07) is 1.62. The molecular weight excluding hydrogens is 322 g/mol. The molecular formula is C16H23N7O2. The number of carbonyl (C=O) groups excluding carboxylic acids is 1. The first-order valence-electron chi connectivity index (χ1n) is 8.40. The number of anilines is 1. The minimum absolute atomic E-state index is 0.0875. The molecule has 1 fully saturated rings. The molecule has 1 aliphatic rings. The Morgan fingerprint density at radius 1 is 1.44 bits per heavy atom. The van der Waals surface area contributed by atoms with Gasteiger partial charge in [-0.1, -0.05) is 0 Å². The van der Waals surface area contributed by atoms with Crippen LogP contribution in [0.1, 0.15) is 30.4 Å². The summed E-state index contributed by atoms with van der Waals surface area (Å²) in [6.07, 6.45) is 4.31. The van der Waals surface area contributed by atoms with Crippen molar-refractivity contribution in [3.8, 4) is 0 Å². The van der Waals surface area contributed by atoms with Crippen LogP contribution in [-0.4, -0.2) is 62.3 Å². The average molecular weight is 345 g/mol. The minimum Gasteiger partial charge on any atom is -0.377 e. The van der Waals surface area contributed by atoms with E-state index in [0.717, 1.165) is 11.5 Å². The molecule has 0 spiro atoms. The molecule has 1 N–H and O–H groups in total. The number of aryl methyl sites for hydroxylation is 2. The second-order valence-corrected chi connectivity index (χ2v) is 5.94. The van der Waals surface area contributed by atoms with Gasteiger partial charge in [0.15, 0.2) is 5.82 Å². The van der Waals surface area contributed by atoms with Gasteiger partial charge in [-0.05, 0) is 13.3 Å². The highest BCUT2D eigenvalue weighted by Crippen LogP contribution is 2.24. The third kappa shape index (κ3) is 4.30. The fourth-order valence-corrected chi connectivity index (χ4v) is 2.87. The molecule has 1 amide bonds. The lowest BCUT2D eigenvalue weighted by Crippen LogP contribution is -2.44. The molecule has 3 heterocycles. The van der Waals surface area contributed by atoms with Crippen molar-refractivity contribution in [2.24, 2.45) is 0 Å². The highest BCUT2D eigenvalue weighted by Gasteiger charge is 2.30. The number of hydrogen-bond acceptors (Lipinski definition) is 7. The summed E-state index contributed by atoms with van der Waals surface area (Å²) in [5.74, 6) is 1.45. The van der Waals surface area contributed by atoms with Crippen LogP contribution in [0.25, 0.3) is 0 Å². The average Bonchev–Trinajstić information content (AvgIpc) is 3.14. The number of nitrogens with one attached hydrogen (secondary N) is 1. The third-order valence-electron chi connectivity index (χ3n) is 4.12. The number of rotatable bonds is 6. The van der Waals surface area contributed by atoms with E-state index in [1.165, 1.54) is 6.33 Å². The number of morpholine rings is 1. The normalized spacial score (nSPS) is 17.5. The van der Waals surface area contributed by atoms with Crippen molar-refractivity contribution in [3.05, 3.63) is 30.2 Å². The lowest BCUT2D eigenvalue weighted by atomic mass is 10.1. The summed E-state index contributed by atoms with van der Waals surface area (Å²) in [6.45, 7) is 4.10. The van der Waals surface area contributed by atoms with Gasteiger partial charge in [-0.15, -0.1) is 0 Å². The predicted octanol–water partition coefficient (Wildman–Crippen LogP) is 0.799. The Kier molecular flexibility index (Phi) is 5.54. The molecule has 0 saturated carbocycles. The van der Waals surface area contributed by atoms with Crippen molar-refractivity contribution in [3.63, 3.8) is 0 Å². The lowest BCUT2D eigenvalue weighted by molar-refractivity contribution is -0.140. The number of nitrogens with zero attached hydrogens (tertiary/aromatic N) is 6. The van der Waals surface area contributed by atoms with Crippen molar-refractivity contribution in [1.82, 2.24) is 29.6 Å². The summed E-state index contributed by atoms with van der Waals surface area (Å²) >= 11 is 0. The van der Waals surface area contributed by atoms with E-state index in [1.54, 1.807) is 11.0 Å². The van der Waals surface area contributed by atoms with Gasteiger partial charge in [-0.25, -0.2) is 15.0 Å². The lowest BCUT2D eigenvalue weighted by Gasteiger charge is -2.35. The molecule has 1 aliphatic heterocycles. The molecule has 0 bridgehead atoms. The Hall–Kier alpha value is -2.55. The second-order valence-electron chi connectivity index (χ2n) is 5.94. The van der Waals surface area contributed by atoms with Gasteiger partial charge in [0, 0.05) is 38.3 Å². The standard InChI is InChI=1S/C16H23N7O2/c1-12-8-14(17-2)21-16(20-12)13-9-25-7-6-23(13)15(24)4-3-5-22-11-18-10-19-22/h8,10-11,13H,3-7,9H2,1-2H3,(H,17,20,21)/t13-/m1/s1. The molecule has 134 valence electrons. The Morgan fingerprint density at radius 2 is 2.32 bits per heavy atom. The van der Waals surface area contributed by atoms with E-state index in [-0.39, 0.29) is 11.9 Å². The van der Waals surface area contributed by atoms with Gasteiger partial charge < -0.3 is 15.0 Å². The Morgan fingerprint density at radius 3 is 3.08 bits per heavy atom. The van der Waals surface area contributed by atoms with Crippen molar-refractivity contribution in [2.75, 3.05) is 32.1 Å². The van der Waals surface area contributed by atoms with Gasteiger partial charge in [0.05, 0.1) is 13.2 Å². The van der Waals surface area contributed by atoms with Crippen molar-refractivity contribution < 1.29 is 9.53 Å². The number of amides is 1. The maximum absolute atomic E-state index is 12.7. The van der Waals surface area contributed by atoms with Crippen LogP contribution >= 0.6 is 0 Å². The number of carbonyl (C=O) groups is 1. The summed E-state index contributed by atoms with van der Waals surface area (Å²) in [7, 11) is 1.82. The molecule has 2 aromatic rings. The summed E-state index contributed by atoms with van der Waals surface area (Å²) in [4.78, 5) is 27.5. The fourth-order valence-electron chi connectivity index (χ4n) is 2.87. The van der Waals surface area contributed by atoms with Gasteiger partial charge in [0.2, 0.25) is 5.91 Å². The van der Waals surface area contributed by atoms with E-state index in [2.05, 4.69) is 25.4 Å². The van der Waals surface area contributed by atoms with Crippen LogP contribution < -0.4 is 5.32 Å². The monoisotopic (exact) mass is 345 g/mol. The van der Waals surface area contributed by atoms with Crippen LogP contribution in [-0.2, 0) is 16.1 Å². The molecule has 0 unspecified atom stereocenters. The minimum atomic E-state index is -0.250. The number of ether oxygens (including phenoxy) is 1. The van der Waals surface area contributed by atoms with Crippen molar-refractivity contribution >= 4 is 11.7 Å². The maximum atomic E-state index is 12.7. The zero-order valence-corrected chi connectivity index (χ0v) is 14.6. The van der Waals surface area contributed by atoms with E-state index in [4.69, 9.17) is 4.74 Å². The molecule has 1 saturated heterocycles. The first-order valence-corrected chi connectivity index (χ1v) is 8.40. The second kappa shape index (κ2) is 8.02. The van der Waals surface area contributed by atoms with Crippen LogP contribution in [0.3, 0.4) is 0 Å². The SMILES string of the molecule is CNc1cc(C)nc([C@H]2COCCN2C(=O)CCCn2cncn2)n1. The Labute approximate surface area is 146 Å². The first kappa shape index (κ1) is 17.3. The maximum Gasteiger partial charge on any atom is 0.223 e. The zero-order chi connectivity index (χ0) is 17.6. The van der Waals surface area contributed by atoms with Crippen LogP contribution in [0.15, 0.2) is 18.7 Å². The molecule has 2 aromatic heterocycles. The molecule has 1 atom stereocenters. The van der Waals surface area contributed by atoms with Gasteiger partial charge in [-0.3, -0.25) is 9.48 Å². The predicted molar refractivity (Wildman–Crippen MR) is 90.8 cm³/mol. The fraction of sp³-hybridized carbons (Fsp3) is 0.562. The highest BCUT2D eigenvalue weighted by molar-refractivity contribution is 5.76. The highest BCUT2D eigenvalue weighted by atomic mass is 16.5. The van der Waals surface area contributed by atoms with E-state index in [9.17, 15) is 4.79 Å². The van der Waals surface area contributed by atoms with Gasteiger partial charge >= 0.3 is 0 Å². The molecule has 9 nitrogen and oxygen atoms in total. The number of hydrogen-bond donors (Lipinski definition) is 1. The van der Waals surface area contributed by atoms with Gasteiger partial charge in [0.25, 0.3) is 0 Å². The summed E-state index contributed by atoms with van der Waals surface area (Å²) in [5.41, 5.74) is 0.860. The smallest absolute Gasteiger partial charge is 0.223 e. The van der Waals surface area contributed by atoms with E-state index in [0.29, 0.717) is 45.0 Å². The van der Waals surface area contributed by atoms with Crippen LogP contribution in [0, 0.1) is 6.92 Å². The summed E-state index contributed by atoms with van der Waals surface area (Å²) in [5, 5.41) is 7.08. The van der Waals surface area contributed by atoms with E-state index in [1.807, 2.05) is 24.9 Å². The molecule has 3 rings (SSSR count). The molecule has 0 aromatic carbocycles. The molecule has 9 heteroatoms. The number of aromatic nitrogens is 5. The molecule has 0 radical (unpaired) electrons. The van der Waals surface area contributed by atoms with Crippen LogP contribution in [0.4, 0.5) is 5.82 Å². The van der Waals surface area contributed by atoms with Crippen LogP contribution in [0.5, 0.6) is 0 Å². The van der Waals surface area contributed by atoms with Gasteiger partial charge in [-0.2, -0.15) is 5.10 Å². The Balaban J connectivity index is 1.67. The van der Waals surface area contributed by atoms with Crippen LogP contribution in [0.2, 0.25) is 0 Å². The quantitative estimate of drug-likeness (QED) is 0.827. The first-order chi connectivity index (χ1) is 12.2. The van der Waals surface area contributed by atoms with Gasteiger partial charge in [0.1, 0.15) is 24.5 Å². The molecule has 25 heavy (non-hydrogen) atoms. The Bertz CT molecular complexity index is 705.